The molecule has 0 saturated heterocycles. The molecule has 3 rings (SSSR count). The summed E-state index contributed by atoms with van der Waals surface area (Å²) in [7, 11) is 0. The summed E-state index contributed by atoms with van der Waals surface area (Å²) in [5.41, 5.74) is 9.63. The Bertz CT molecular complexity index is 560. The van der Waals surface area contributed by atoms with E-state index in [1.54, 1.807) is 0 Å². The number of aromatic nitrogens is 2. The van der Waals surface area contributed by atoms with E-state index in [-0.39, 0.29) is 0 Å². The van der Waals surface area contributed by atoms with Crippen molar-refractivity contribution in [2.75, 3.05) is 5.73 Å². The fourth-order valence-electron chi connectivity index (χ4n) is 2.38. The van der Waals surface area contributed by atoms with Crippen molar-refractivity contribution in [2.45, 2.75) is 25.7 Å². The zero-order chi connectivity index (χ0) is 11.8. The van der Waals surface area contributed by atoms with Crippen LogP contribution < -0.4 is 5.73 Å². The maximum absolute atomic E-state index is 6.19. The van der Waals surface area contributed by atoms with E-state index in [1.807, 2.05) is 28.9 Å². The lowest BCUT2D eigenvalue weighted by Crippen LogP contribution is -2.03. The number of nitrogen functional groups attached to an aromatic ring is 1. The van der Waals surface area contributed by atoms with Crippen molar-refractivity contribution in [3.63, 3.8) is 0 Å². The maximum Gasteiger partial charge on any atom is 0.130 e. The summed E-state index contributed by atoms with van der Waals surface area (Å²) in [6.07, 6.45) is 4.57. The second-order valence-corrected chi connectivity index (χ2v) is 5.32. The van der Waals surface area contributed by atoms with Crippen LogP contribution in [0.4, 0.5) is 5.82 Å². The molecule has 0 radical (unpaired) electrons. The van der Waals surface area contributed by atoms with Crippen molar-refractivity contribution in [1.82, 2.24) is 9.78 Å². The lowest BCUT2D eigenvalue weighted by molar-refractivity contribution is 0.671. The van der Waals surface area contributed by atoms with Crippen molar-refractivity contribution in [3.05, 3.63) is 40.0 Å². The summed E-state index contributed by atoms with van der Waals surface area (Å²) in [5, 5.41) is 4.63. The summed E-state index contributed by atoms with van der Waals surface area (Å²) in [5.74, 6) is 0.804. The molecule has 2 aromatic rings. The SMILES string of the molecule is Nc1c2c(nn1-c1cccc(Br)c1)CCCC2. The van der Waals surface area contributed by atoms with Crippen LogP contribution in [0.3, 0.4) is 0 Å². The second kappa shape index (κ2) is 4.18. The van der Waals surface area contributed by atoms with E-state index in [9.17, 15) is 0 Å². The van der Waals surface area contributed by atoms with Gasteiger partial charge in [-0.1, -0.05) is 22.0 Å². The summed E-state index contributed by atoms with van der Waals surface area (Å²) >= 11 is 3.47. The largest absolute Gasteiger partial charge is 0.383 e. The van der Waals surface area contributed by atoms with Gasteiger partial charge < -0.3 is 5.73 Å². The maximum atomic E-state index is 6.19. The zero-order valence-electron chi connectivity index (χ0n) is 9.49. The minimum Gasteiger partial charge on any atom is -0.383 e. The molecule has 1 aliphatic rings. The highest BCUT2D eigenvalue weighted by molar-refractivity contribution is 9.10. The van der Waals surface area contributed by atoms with Crippen molar-refractivity contribution in [1.29, 1.82) is 0 Å². The molecular weight excluding hydrogens is 278 g/mol. The normalized spacial score (nSPS) is 14.6. The van der Waals surface area contributed by atoms with Crippen LogP contribution in [0.1, 0.15) is 24.1 Å². The van der Waals surface area contributed by atoms with Gasteiger partial charge in [-0.25, -0.2) is 4.68 Å². The molecule has 1 heterocycles. The number of halogens is 1. The molecule has 1 aromatic heterocycles. The van der Waals surface area contributed by atoms with Gasteiger partial charge in [0.25, 0.3) is 0 Å². The molecule has 1 aromatic carbocycles. The van der Waals surface area contributed by atoms with E-state index >= 15 is 0 Å². The molecule has 0 fully saturated rings. The van der Waals surface area contributed by atoms with Gasteiger partial charge in [-0.05, 0) is 43.9 Å². The third-order valence-corrected chi connectivity index (χ3v) is 3.74. The molecule has 0 atom stereocenters. The smallest absolute Gasteiger partial charge is 0.130 e. The first-order chi connectivity index (χ1) is 8.25. The van der Waals surface area contributed by atoms with Crippen LogP contribution in [0.15, 0.2) is 28.7 Å². The molecule has 0 aliphatic heterocycles. The number of aryl methyl sites for hydroxylation is 1. The molecule has 0 spiro atoms. The Balaban J connectivity index is 2.12. The standard InChI is InChI=1S/C13H14BrN3/c14-9-4-3-5-10(8-9)17-13(15)11-6-1-2-7-12(11)16-17/h3-5,8H,1-2,6-7,15H2. The van der Waals surface area contributed by atoms with Gasteiger partial charge in [0.15, 0.2) is 0 Å². The molecular formula is C13H14BrN3. The van der Waals surface area contributed by atoms with Crippen LogP contribution in [-0.4, -0.2) is 9.78 Å². The highest BCUT2D eigenvalue weighted by Gasteiger charge is 2.19. The lowest BCUT2D eigenvalue weighted by Gasteiger charge is -2.08. The number of benzene rings is 1. The summed E-state index contributed by atoms with van der Waals surface area (Å²) in [4.78, 5) is 0. The Morgan fingerprint density at radius 3 is 2.82 bits per heavy atom. The van der Waals surface area contributed by atoms with E-state index in [2.05, 4.69) is 21.0 Å². The van der Waals surface area contributed by atoms with Gasteiger partial charge in [0.1, 0.15) is 5.82 Å². The first-order valence-corrected chi connectivity index (χ1v) is 6.67. The summed E-state index contributed by atoms with van der Waals surface area (Å²) in [6.45, 7) is 0. The molecule has 4 heteroatoms. The Morgan fingerprint density at radius 1 is 1.24 bits per heavy atom. The number of hydrogen-bond donors (Lipinski definition) is 1. The molecule has 1 aliphatic carbocycles. The number of fused-ring (bicyclic) bond motifs is 1. The number of nitrogens with two attached hydrogens (primary N) is 1. The quantitative estimate of drug-likeness (QED) is 0.877. The van der Waals surface area contributed by atoms with Gasteiger partial charge in [-0.15, -0.1) is 0 Å². The van der Waals surface area contributed by atoms with Crippen molar-refractivity contribution < 1.29 is 0 Å². The lowest BCUT2D eigenvalue weighted by atomic mass is 9.98. The summed E-state index contributed by atoms with van der Waals surface area (Å²) in [6, 6.07) is 8.07. The van der Waals surface area contributed by atoms with E-state index in [0.29, 0.717) is 0 Å². The van der Waals surface area contributed by atoms with E-state index in [1.165, 1.54) is 24.1 Å². The third kappa shape index (κ3) is 1.86. The second-order valence-electron chi connectivity index (χ2n) is 4.41. The molecule has 0 saturated carbocycles. The molecule has 88 valence electrons. The highest BCUT2D eigenvalue weighted by atomic mass is 79.9. The fraction of sp³-hybridized carbons (Fsp3) is 0.308. The highest BCUT2D eigenvalue weighted by Crippen LogP contribution is 2.28. The van der Waals surface area contributed by atoms with Crippen LogP contribution in [0.5, 0.6) is 0 Å². The Hall–Kier alpha value is -1.29. The fourth-order valence-corrected chi connectivity index (χ4v) is 2.77. The predicted octanol–water partition coefficient (Wildman–Crippen LogP) is 3.10. The number of hydrogen-bond acceptors (Lipinski definition) is 2. The van der Waals surface area contributed by atoms with Crippen LogP contribution in [-0.2, 0) is 12.8 Å². The average molecular weight is 292 g/mol. The predicted molar refractivity (Wildman–Crippen MR) is 72.3 cm³/mol. The minimum absolute atomic E-state index is 0.804. The monoisotopic (exact) mass is 291 g/mol. The van der Waals surface area contributed by atoms with Gasteiger partial charge in [0.05, 0.1) is 11.4 Å². The number of anilines is 1. The van der Waals surface area contributed by atoms with Crippen molar-refractivity contribution >= 4 is 21.7 Å². The van der Waals surface area contributed by atoms with E-state index < -0.39 is 0 Å². The van der Waals surface area contributed by atoms with Gasteiger partial charge in [0, 0.05) is 10.0 Å². The molecule has 0 amide bonds. The minimum atomic E-state index is 0.804. The zero-order valence-corrected chi connectivity index (χ0v) is 11.1. The van der Waals surface area contributed by atoms with Crippen LogP contribution >= 0.6 is 15.9 Å². The number of rotatable bonds is 1. The average Bonchev–Trinajstić information content (AvgIpc) is 2.68. The Labute approximate surface area is 109 Å². The number of nitrogens with zero attached hydrogens (tertiary/aromatic N) is 2. The molecule has 2 N–H and O–H groups in total. The molecule has 17 heavy (non-hydrogen) atoms. The first kappa shape index (κ1) is 10.8. The molecule has 0 bridgehead atoms. The van der Waals surface area contributed by atoms with Crippen molar-refractivity contribution in [2.24, 2.45) is 0 Å². The van der Waals surface area contributed by atoms with Gasteiger partial charge >= 0.3 is 0 Å². The van der Waals surface area contributed by atoms with Crippen LogP contribution in [0, 0.1) is 0 Å². The van der Waals surface area contributed by atoms with Crippen LogP contribution in [0.2, 0.25) is 0 Å². The Morgan fingerprint density at radius 2 is 2.06 bits per heavy atom. The topological polar surface area (TPSA) is 43.8 Å². The summed E-state index contributed by atoms with van der Waals surface area (Å²) < 4.78 is 2.91. The van der Waals surface area contributed by atoms with E-state index in [0.717, 1.165) is 28.8 Å². The van der Waals surface area contributed by atoms with Crippen LogP contribution in [0.25, 0.3) is 5.69 Å². The molecule has 3 nitrogen and oxygen atoms in total. The van der Waals surface area contributed by atoms with Crippen molar-refractivity contribution in [3.8, 4) is 5.69 Å². The van der Waals surface area contributed by atoms with E-state index in [4.69, 9.17) is 5.73 Å². The van der Waals surface area contributed by atoms with Gasteiger partial charge in [-0.3, -0.25) is 0 Å². The first-order valence-electron chi connectivity index (χ1n) is 5.88. The molecule has 0 unspecified atom stereocenters. The third-order valence-electron chi connectivity index (χ3n) is 3.25. The van der Waals surface area contributed by atoms with Gasteiger partial charge in [0.2, 0.25) is 0 Å². The Kier molecular flexibility index (Phi) is 2.67. The van der Waals surface area contributed by atoms with Gasteiger partial charge in [-0.2, -0.15) is 5.10 Å².